The summed E-state index contributed by atoms with van der Waals surface area (Å²) in [5.41, 5.74) is 2.31. The number of rotatable bonds is 4. The van der Waals surface area contributed by atoms with Crippen molar-refractivity contribution in [1.29, 1.82) is 0 Å². The first-order valence-corrected chi connectivity index (χ1v) is 5.33. The van der Waals surface area contributed by atoms with E-state index in [0.29, 0.717) is 5.57 Å². The number of esters is 1. The van der Waals surface area contributed by atoms with Crippen LogP contribution in [0.1, 0.15) is 27.7 Å². The molecule has 0 saturated heterocycles. The standard InChI is InChI=1S/C11H17NO4S/c1-7(2)5-9(8(3)4)10(13)15-6-12-11(14)16-17/h5,17H,6H2,1-4H3,(H,12,14). The molecule has 0 saturated carbocycles. The molecule has 0 aromatic heterocycles. The van der Waals surface area contributed by atoms with Crippen LogP contribution in [0.25, 0.3) is 0 Å². The summed E-state index contributed by atoms with van der Waals surface area (Å²) in [6.07, 6.45) is 0.955. The van der Waals surface area contributed by atoms with Crippen LogP contribution >= 0.6 is 12.9 Å². The second kappa shape index (κ2) is 7.78. The average molecular weight is 259 g/mol. The van der Waals surface area contributed by atoms with Crippen molar-refractivity contribution in [3.05, 3.63) is 22.8 Å². The molecule has 17 heavy (non-hydrogen) atoms. The number of ether oxygens (including phenoxy) is 1. The molecule has 5 nitrogen and oxygen atoms in total. The lowest BCUT2D eigenvalue weighted by Gasteiger charge is -2.08. The molecule has 6 heteroatoms. The van der Waals surface area contributed by atoms with Gasteiger partial charge in [-0.25, -0.2) is 9.59 Å². The van der Waals surface area contributed by atoms with Gasteiger partial charge in [0.05, 0.1) is 5.57 Å². The number of hydrogen-bond acceptors (Lipinski definition) is 5. The molecule has 0 radical (unpaired) electrons. The molecule has 0 atom stereocenters. The first kappa shape index (κ1) is 15.6. The second-order valence-electron chi connectivity index (χ2n) is 3.77. The minimum atomic E-state index is -0.776. The lowest BCUT2D eigenvalue weighted by molar-refractivity contribution is -0.139. The minimum Gasteiger partial charge on any atom is -0.441 e. The van der Waals surface area contributed by atoms with Gasteiger partial charge in [0.15, 0.2) is 6.73 Å². The summed E-state index contributed by atoms with van der Waals surface area (Å²) in [4.78, 5) is 22.3. The monoisotopic (exact) mass is 259 g/mol. The Kier molecular flexibility index (Phi) is 7.13. The van der Waals surface area contributed by atoms with Gasteiger partial charge in [0.25, 0.3) is 0 Å². The van der Waals surface area contributed by atoms with Crippen molar-refractivity contribution in [2.45, 2.75) is 27.7 Å². The zero-order valence-corrected chi connectivity index (χ0v) is 11.3. The highest BCUT2D eigenvalue weighted by Crippen LogP contribution is 2.10. The van der Waals surface area contributed by atoms with Gasteiger partial charge in [0, 0.05) is 12.9 Å². The van der Waals surface area contributed by atoms with Gasteiger partial charge < -0.3 is 8.92 Å². The van der Waals surface area contributed by atoms with E-state index in [-0.39, 0.29) is 6.73 Å². The number of carbonyl (C=O) groups excluding carboxylic acids is 2. The highest BCUT2D eigenvalue weighted by molar-refractivity contribution is 7.75. The van der Waals surface area contributed by atoms with Crippen LogP contribution in [0.3, 0.4) is 0 Å². The van der Waals surface area contributed by atoms with Crippen LogP contribution in [0.15, 0.2) is 22.8 Å². The molecule has 0 heterocycles. The molecule has 0 rings (SSSR count). The molecule has 0 fully saturated rings. The van der Waals surface area contributed by atoms with E-state index < -0.39 is 12.1 Å². The minimum absolute atomic E-state index is 0.258. The molecule has 1 N–H and O–H groups in total. The summed E-state index contributed by atoms with van der Waals surface area (Å²) in [6.45, 7) is 7.13. The van der Waals surface area contributed by atoms with Gasteiger partial charge in [0.2, 0.25) is 0 Å². The van der Waals surface area contributed by atoms with Gasteiger partial charge in [-0.1, -0.05) is 11.1 Å². The highest BCUT2D eigenvalue weighted by Gasteiger charge is 2.10. The third-order valence-electron chi connectivity index (χ3n) is 1.69. The molecule has 1 amide bonds. The predicted molar refractivity (Wildman–Crippen MR) is 67.4 cm³/mol. The smallest absolute Gasteiger partial charge is 0.421 e. The number of thiol groups is 1. The quantitative estimate of drug-likeness (QED) is 0.203. The molecular weight excluding hydrogens is 242 g/mol. The van der Waals surface area contributed by atoms with Crippen molar-refractivity contribution >= 4 is 25.0 Å². The molecule has 0 aromatic carbocycles. The fourth-order valence-corrected chi connectivity index (χ4v) is 1.03. The van der Waals surface area contributed by atoms with Crippen molar-refractivity contribution in [1.82, 2.24) is 5.32 Å². The number of allylic oxidation sites excluding steroid dienone is 2. The zero-order chi connectivity index (χ0) is 13.4. The van der Waals surface area contributed by atoms with Gasteiger partial charge in [0.1, 0.15) is 0 Å². The Morgan fingerprint density at radius 2 is 1.82 bits per heavy atom. The molecule has 0 spiro atoms. The Hall–Kier alpha value is -1.43. The largest absolute Gasteiger partial charge is 0.441 e. The maximum atomic E-state index is 11.7. The molecule has 0 aliphatic rings. The van der Waals surface area contributed by atoms with Crippen LogP contribution in [-0.2, 0) is 13.7 Å². The summed E-state index contributed by atoms with van der Waals surface area (Å²) in [5.74, 6) is -0.495. The molecule has 0 unspecified atom stereocenters. The molecule has 0 bridgehead atoms. The Morgan fingerprint density at radius 1 is 1.24 bits per heavy atom. The van der Waals surface area contributed by atoms with Gasteiger partial charge in [-0.05, 0) is 33.8 Å². The lowest BCUT2D eigenvalue weighted by atomic mass is 10.1. The first-order valence-electron chi connectivity index (χ1n) is 4.97. The maximum Gasteiger partial charge on any atom is 0.421 e. The zero-order valence-electron chi connectivity index (χ0n) is 10.4. The van der Waals surface area contributed by atoms with Crippen LogP contribution in [0.5, 0.6) is 0 Å². The van der Waals surface area contributed by atoms with E-state index >= 15 is 0 Å². The Morgan fingerprint density at radius 3 is 2.24 bits per heavy atom. The van der Waals surface area contributed by atoms with Crippen molar-refractivity contribution in [2.24, 2.45) is 0 Å². The van der Waals surface area contributed by atoms with E-state index in [2.05, 4.69) is 22.4 Å². The maximum absolute atomic E-state index is 11.7. The topological polar surface area (TPSA) is 64.6 Å². The third-order valence-corrected chi connectivity index (χ3v) is 1.86. The summed E-state index contributed by atoms with van der Waals surface area (Å²) >= 11 is 3.29. The van der Waals surface area contributed by atoms with Crippen molar-refractivity contribution in [2.75, 3.05) is 6.73 Å². The van der Waals surface area contributed by atoms with Gasteiger partial charge in [-0.3, -0.25) is 5.32 Å². The van der Waals surface area contributed by atoms with Crippen molar-refractivity contribution < 1.29 is 18.5 Å². The van der Waals surface area contributed by atoms with E-state index in [1.165, 1.54) is 0 Å². The summed E-state index contributed by atoms with van der Waals surface area (Å²) < 4.78 is 8.89. The molecular formula is C11H17NO4S. The predicted octanol–water partition coefficient (Wildman–Crippen LogP) is 2.36. The molecule has 0 aromatic rings. The van der Waals surface area contributed by atoms with Gasteiger partial charge in [-0.2, -0.15) is 0 Å². The van der Waals surface area contributed by atoms with Crippen molar-refractivity contribution in [3.63, 3.8) is 0 Å². The Balaban J connectivity index is 4.43. The molecule has 96 valence electrons. The van der Waals surface area contributed by atoms with Crippen LogP contribution in [-0.4, -0.2) is 18.8 Å². The molecule has 0 aliphatic heterocycles. The summed E-state index contributed by atoms with van der Waals surface area (Å²) in [5, 5.41) is 2.19. The number of carbonyl (C=O) groups is 2. The SMILES string of the molecule is CC(C)=CC(C(=O)OCNC(=O)OS)=C(C)C. The Labute approximate surface area is 106 Å². The van der Waals surface area contributed by atoms with E-state index in [0.717, 1.165) is 11.1 Å². The average Bonchev–Trinajstić information content (AvgIpc) is 2.24. The van der Waals surface area contributed by atoms with E-state index in [4.69, 9.17) is 4.74 Å². The second-order valence-corrected chi connectivity index (χ2v) is 3.95. The van der Waals surface area contributed by atoms with Crippen molar-refractivity contribution in [3.8, 4) is 0 Å². The highest BCUT2D eigenvalue weighted by atomic mass is 32.1. The van der Waals surface area contributed by atoms with Gasteiger partial charge in [-0.15, -0.1) is 0 Å². The van der Waals surface area contributed by atoms with Crippen LogP contribution in [0.4, 0.5) is 4.79 Å². The number of hydrogen-bond donors (Lipinski definition) is 2. The van der Waals surface area contributed by atoms with E-state index in [1.54, 1.807) is 6.08 Å². The fraction of sp³-hybridized carbons (Fsp3) is 0.455. The third kappa shape index (κ3) is 6.68. The van der Waals surface area contributed by atoms with Crippen LogP contribution in [0.2, 0.25) is 0 Å². The summed E-state index contributed by atoms with van der Waals surface area (Å²) in [7, 11) is 0. The van der Waals surface area contributed by atoms with E-state index in [9.17, 15) is 9.59 Å². The first-order chi connectivity index (χ1) is 7.88. The number of nitrogens with one attached hydrogen (secondary N) is 1. The van der Waals surface area contributed by atoms with Gasteiger partial charge >= 0.3 is 12.1 Å². The van der Waals surface area contributed by atoms with E-state index in [1.807, 2.05) is 27.7 Å². The van der Waals surface area contributed by atoms with Crippen LogP contribution < -0.4 is 5.32 Å². The fourth-order valence-electron chi connectivity index (χ4n) is 0.967. The Bertz CT molecular complexity index is 352. The molecule has 0 aliphatic carbocycles. The summed E-state index contributed by atoms with van der Waals surface area (Å²) in [6, 6.07) is 0. The lowest BCUT2D eigenvalue weighted by Crippen LogP contribution is -2.26. The normalized spacial score (nSPS) is 9.00. The number of amides is 1. The van der Waals surface area contributed by atoms with Crippen LogP contribution in [0, 0.1) is 0 Å².